The Morgan fingerprint density at radius 2 is 1.52 bits per heavy atom. The molecule has 0 spiro atoms. The summed E-state index contributed by atoms with van der Waals surface area (Å²) in [6, 6.07) is 14.6. The molecule has 0 unspecified atom stereocenters. The molecule has 0 atom stereocenters. The zero-order valence-electron chi connectivity index (χ0n) is 22.3. The molecule has 0 aliphatic heterocycles. The zero-order chi connectivity index (χ0) is 29.1. The van der Waals surface area contributed by atoms with Crippen LogP contribution < -0.4 is 34.4 Å². The highest BCUT2D eigenvalue weighted by Gasteiger charge is 2.17. The van der Waals surface area contributed by atoms with Crippen LogP contribution in [0.5, 0.6) is 28.7 Å². The molecule has 0 aliphatic rings. The molecule has 0 aromatic heterocycles. The Morgan fingerprint density at radius 3 is 2.12 bits per heavy atom. The van der Waals surface area contributed by atoms with Crippen LogP contribution in [-0.2, 0) is 4.79 Å². The smallest absolute Gasteiger partial charge is 0.343 e. The van der Waals surface area contributed by atoms with E-state index in [0.717, 1.165) is 4.47 Å². The fraction of sp³-hybridized carbons (Fsp3) is 0.214. The molecule has 0 fully saturated rings. The van der Waals surface area contributed by atoms with Crippen LogP contribution in [0, 0.1) is 0 Å². The van der Waals surface area contributed by atoms with Gasteiger partial charge in [-0.25, -0.2) is 10.2 Å². The number of esters is 1. The average molecular weight is 614 g/mol. The monoisotopic (exact) mass is 613 g/mol. The molecular weight excluding hydrogens is 586 g/mol. The molecule has 40 heavy (non-hydrogen) atoms. The van der Waals surface area contributed by atoms with Crippen molar-refractivity contribution >= 4 is 39.9 Å². The number of carbonyl (C=O) groups excluding carboxylic acids is 3. The van der Waals surface area contributed by atoms with Crippen molar-refractivity contribution in [3.8, 4) is 28.7 Å². The molecule has 2 N–H and O–H groups in total. The molecule has 0 radical (unpaired) electrons. The van der Waals surface area contributed by atoms with Gasteiger partial charge < -0.3 is 29.0 Å². The van der Waals surface area contributed by atoms with E-state index < -0.39 is 17.8 Å². The molecule has 0 aliphatic carbocycles. The number of amides is 2. The van der Waals surface area contributed by atoms with Crippen LogP contribution in [0.15, 0.2) is 64.2 Å². The number of methoxy groups -OCH3 is 3. The summed E-state index contributed by atoms with van der Waals surface area (Å²) >= 11 is 3.33. The number of nitrogens with one attached hydrogen (secondary N) is 2. The molecule has 210 valence electrons. The number of hydrogen-bond donors (Lipinski definition) is 2. The van der Waals surface area contributed by atoms with Gasteiger partial charge in [0.1, 0.15) is 0 Å². The average Bonchev–Trinajstić information content (AvgIpc) is 2.96. The van der Waals surface area contributed by atoms with Crippen molar-refractivity contribution in [2.75, 3.05) is 34.5 Å². The van der Waals surface area contributed by atoms with E-state index in [1.807, 2.05) is 0 Å². The maximum Gasteiger partial charge on any atom is 0.343 e. The Balaban J connectivity index is 1.59. The first-order valence-corrected chi connectivity index (χ1v) is 12.7. The SMILES string of the molecule is CCOc1cc(/C=N/NC(=O)CNC(=O)c2cc(OC)c(OC)c(OC)c2)ccc1OC(=O)c1ccc(Br)cc1. The number of hydrogen-bond acceptors (Lipinski definition) is 9. The van der Waals surface area contributed by atoms with Gasteiger partial charge in [0.25, 0.3) is 11.8 Å². The lowest BCUT2D eigenvalue weighted by Crippen LogP contribution is -2.34. The molecule has 3 aromatic carbocycles. The molecule has 2 amide bonds. The molecule has 3 aromatic rings. The summed E-state index contributed by atoms with van der Waals surface area (Å²) in [7, 11) is 4.33. The van der Waals surface area contributed by atoms with E-state index in [2.05, 4.69) is 31.8 Å². The van der Waals surface area contributed by atoms with E-state index in [1.165, 1.54) is 39.7 Å². The molecule has 0 heterocycles. The van der Waals surface area contributed by atoms with Crippen LogP contribution in [0.1, 0.15) is 33.2 Å². The van der Waals surface area contributed by atoms with Crippen molar-refractivity contribution in [1.82, 2.24) is 10.7 Å². The maximum atomic E-state index is 12.6. The Labute approximate surface area is 239 Å². The molecule has 12 heteroatoms. The quantitative estimate of drug-likeness (QED) is 0.136. The van der Waals surface area contributed by atoms with Gasteiger partial charge >= 0.3 is 5.97 Å². The minimum atomic E-state index is -0.554. The van der Waals surface area contributed by atoms with Crippen molar-refractivity contribution in [2.45, 2.75) is 6.92 Å². The number of rotatable bonds is 12. The highest BCUT2D eigenvalue weighted by molar-refractivity contribution is 9.10. The lowest BCUT2D eigenvalue weighted by atomic mass is 10.1. The van der Waals surface area contributed by atoms with E-state index in [1.54, 1.807) is 49.4 Å². The van der Waals surface area contributed by atoms with E-state index in [9.17, 15) is 14.4 Å². The summed E-state index contributed by atoms with van der Waals surface area (Å²) in [6.45, 7) is 1.81. The Hall–Kier alpha value is -4.58. The summed E-state index contributed by atoms with van der Waals surface area (Å²) in [5.41, 5.74) is 3.52. The Kier molecular flexibility index (Phi) is 10.9. The minimum Gasteiger partial charge on any atom is -0.493 e. The largest absolute Gasteiger partial charge is 0.493 e. The van der Waals surface area contributed by atoms with E-state index in [4.69, 9.17) is 23.7 Å². The first-order valence-electron chi connectivity index (χ1n) is 11.9. The van der Waals surface area contributed by atoms with Crippen LogP contribution >= 0.6 is 15.9 Å². The second kappa shape index (κ2) is 14.5. The fourth-order valence-corrected chi connectivity index (χ4v) is 3.66. The molecule has 0 bridgehead atoms. The molecule has 3 rings (SSSR count). The predicted octanol–water partition coefficient (Wildman–Crippen LogP) is 3.97. The van der Waals surface area contributed by atoms with Gasteiger partial charge in [-0.05, 0) is 67.1 Å². The highest BCUT2D eigenvalue weighted by Crippen LogP contribution is 2.38. The van der Waals surface area contributed by atoms with Crippen LogP contribution in [0.2, 0.25) is 0 Å². The van der Waals surface area contributed by atoms with Crippen molar-refractivity contribution < 1.29 is 38.1 Å². The van der Waals surface area contributed by atoms with E-state index >= 15 is 0 Å². The van der Waals surface area contributed by atoms with Gasteiger partial charge in [0.05, 0.1) is 46.3 Å². The molecule has 11 nitrogen and oxygen atoms in total. The van der Waals surface area contributed by atoms with E-state index in [-0.39, 0.29) is 17.9 Å². The van der Waals surface area contributed by atoms with Gasteiger partial charge in [-0.1, -0.05) is 15.9 Å². The van der Waals surface area contributed by atoms with Crippen LogP contribution in [-0.4, -0.2) is 58.5 Å². The lowest BCUT2D eigenvalue weighted by Gasteiger charge is -2.14. The third-order valence-corrected chi connectivity index (χ3v) is 5.82. The van der Waals surface area contributed by atoms with Gasteiger partial charge in [-0.2, -0.15) is 5.10 Å². The molecular formula is C28H28BrN3O8. The topological polar surface area (TPSA) is 134 Å². The lowest BCUT2D eigenvalue weighted by molar-refractivity contribution is -0.120. The number of carbonyl (C=O) groups is 3. The summed E-state index contributed by atoms with van der Waals surface area (Å²) in [5, 5.41) is 6.42. The van der Waals surface area contributed by atoms with Gasteiger partial charge in [0, 0.05) is 10.0 Å². The first-order chi connectivity index (χ1) is 19.3. The van der Waals surface area contributed by atoms with Crippen LogP contribution in [0.4, 0.5) is 0 Å². The minimum absolute atomic E-state index is 0.218. The maximum absolute atomic E-state index is 12.6. The molecule has 0 saturated carbocycles. The van der Waals surface area contributed by atoms with Crippen molar-refractivity contribution in [3.05, 3.63) is 75.8 Å². The van der Waals surface area contributed by atoms with E-state index in [0.29, 0.717) is 40.7 Å². The summed E-state index contributed by atoms with van der Waals surface area (Å²) < 4.78 is 27.7. The number of benzene rings is 3. The number of halogens is 1. The normalized spacial score (nSPS) is 10.5. The van der Waals surface area contributed by atoms with Gasteiger partial charge in [0.2, 0.25) is 5.75 Å². The summed E-state index contributed by atoms with van der Waals surface area (Å²) in [5.74, 6) is -0.0720. The highest BCUT2D eigenvalue weighted by atomic mass is 79.9. The standard InChI is InChI=1S/C28H28BrN3O8/c1-5-39-22-12-17(6-11-21(22)40-28(35)18-7-9-20(29)10-8-18)15-31-32-25(33)16-30-27(34)19-13-23(36-2)26(38-4)24(14-19)37-3/h6-15H,5,16H2,1-4H3,(H,30,34)(H,32,33)/b31-15+. The first kappa shape index (κ1) is 30.0. The summed E-state index contributed by atoms with van der Waals surface area (Å²) in [4.78, 5) is 37.3. The van der Waals surface area contributed by atoms with Gasteiger partial charge in [0.15, 0.2) is 23.0 Å². The Morgan fingerprint density at radius 1 is 0.850 bits per heavy atom. The van der Waals surface area contributed by atoms with Crippen molar-refractivity contribution in [3.63, 3.8) is 0 Å². The molecule has 0 saturated heterocycles. The van der Waals surface area contributed by atoms with Gasteiger partial charge in [-0.3, -0.25) is 9.59 Å². The van der Waals surface area contributed by atoms with Crippen molar-refractivity contribution in [2.24, 2.45) is 5.10 Å². The third kappa shape index (κ3) is 7.96. The van der Waals surface area contributed by atoms with Crippen LogP contribution in [0.25, 0.3) is 0 Å². The summed E-state index contributed by atoms with van der Waals surface area (Å²) in [6.07, 6.45) is 1.39. The zero-order valence-corrected chi connectivity index (χ0v) is 23.9. The fourth-order valence-electron chi connectivity index (χ4n) is 3.40. The third-order valence-electron chi connectivity index (χ3n) is 5.29. The number of ether oxygens (including phenoxy) is 5. The second-order valence-electron chi connectivity index (χ2n) is 7.93. The predicted molar refractivity (Wildman–Crippen MR) is 151 cm³/mol. The van der Waals surface area contributed by atoms with Crippen molar-refractivity contribution in [1.29, 1.82) is 0 Å². The second-order valence-corrected chi connectivity index (χ2v) is 8.84. The number of nitrogens with zero attached hydrogens (tertiary/aromatic N) is 1. The van der Waals surface area contributed by atoms with Gasteiger partial charge in [-0.15, -0.1) is 0 Å². The van der Waals surface area contributed by atoms with Crippen LogP contribution in [0.3, 0.4) is 0 Å². The number of hydrazone groups is 1. The Bertz CT molecular complexity index is 1370.